The van der Waals surface area contributed by atoms with E-state index in [1.165, 1.54) is 10.9 Å². The molecule has 1 saturated carbocycles. The molecule has 0 N–H and O–H groups in total. The molecule has 1 aliphatic carbocycles. The van der Waals surface area contributed by atoms with Gasteiger partial charge >= 0.3 is 0 Å². The monoisotopic (exact) mass is 280 g/mol. The fourth-order valence-corrected chi connectivity index (χ4v) is 3.46. The van der Waals surface area contributed by atoms with E-state index in [9.17, 15) is 4.79 Å². The molecule has 108 valence electrons. The van der Waals surface area contributed by atoms with Crippen LogP contribution >= 0.6 is 0 Å². The molecule has 2 aromatic rings. The van der Waals surface area contributed by atoms with E-state index in [0.717, 1.165) is 36.6 Å². The maximum atomic E-state index is 10.8. The van der Waals surface area contributed by atoms with Crippen molar-refractivity contribution in [3.8, 4) is 0 Å². The largest absolute Gasteiger partial charge is 0.264 e. The number of carbonyl (C=O) groups excluding carboxylic acids is 1. The lowest BCUT2D eigenvalue weighted by molar-refractivity contribution is 0.456. The average molecular weight is 280 g/mol. The summed E-state index contributed by atoms with van der Waals surface area (Å²) in [5.74, 6) is 0.445. The minimum Gasteiger partial charge on any atom is -0.264 e. The fourth-order valence-electron chi connectivity index (χ4n) is 3.46. The Hall–Kier alpha value is -1.99. The van der Waals surface area contributed by atoms with Gasteiger partial charge in [-0.1, -0.05) is 38.8 Å². The standard InChI is InChI=1S/C18H20N2O/c1-13(2)17-11-19-10-14-9-15(5-6-16(14)17)18(20-12-21)7-3-4-8-18/h5-6,9-11,13H,3-4,7-8H2,1-2H3. The zero-order valence-corrected chi connectivity index (χ0v) is 12.6. The maximum Gasteiger partial charge on any atom is 0.235 e. The van der Waals surface area contributed by atoms with Gasteiger partial charge in [0.05, 0.1) is 5.54 Å². The SMILES string of the molecule is CC(C)c1cncc2cc(C3(N=C=O)CCCC3)ccc12. The molecule has 1 heterocycles. The molecular weight excluding hydrogens is 260 g/mol. The Morgan fingerprint density at radius 3 is 2.67 bits per heavy atom. The summed E-state index contributed by atoms with van der Waals surface area (Å²) in [4.78, 5) is 19.4. The summed E-state index contributed by atoms with van der Waals surface area (Å²) in [5, 5.41) is 2.37. The highest BCUT2D eigenvalue weighted by Crippen LogP contribution is 2.43. The Balaban J connectivity index is 2.15. The molecule has 0 amide bonds. The topological polar surface area (TPSA) is 42.3 Å². The average Bonchev–Trinajstić information content (AvgIpc) is 2.96. The summed E-state index contributed by atoms with van der Waals surface area (Å²) in [6, 6.07) is 6.43. The molecular formula is C18H20N2O. The Morgan fingerprint density at radius 1 is 1.24 bits per heavy atom. The van der Waals surface area contributed by atoms with Crippen molar-refractivity contribution in [2.75, 3.05) is 0 Å². The fraction of sp³-hybridized carbons (Fsp3) is 0.444. The van der Waals surface area contributed by atoms with Gasteiger partial charge in [-0.15, -0.1) is 0 Å². The van der Waals surface area contributed by atoms with Gasteiger partial charge in [0.1, 0.15) is 0 Å². The van der Waals surface area contributed by atoms with Crippen LogP contribution in [0.15, 0.2) is 35.6 Å². The molecule has 0 bridgehead atoms. The van der Waals surface area contributed by atoms with Crippen LogP contribution in [-0.2, 0) is 10.3 Å². The van der Waals surface area contributed by atoms with E-state index in [1.807, 2.05) is 12.4 Å². The number of hydrogen-bond donors (Lipinski definition) is 0. The van der Waals surface area contributed by atoms with Crippen LogP contribution in [0.4, 0.5) is 0 Å². The van der Waals surface area contributed by atoms with Crippen LogP contribution in [0.2, 0.25) is 0 Å². The summed E-state index contributed by atoms with van der Waals surface area (Å²) >= 11 is 0. The van der Waals surface area contributed by atoms with E-state index in [4.69, 9.17) is 0 Å². The summed E-state index contributed by atoms with van der Waals surface area (Å²) in [6.45, 7) is 4.36. The first kappa shape index (κ1) is 14.0. The van der Waals surface area contributed by atoms with Crippen molar-refractivity contribution in [2.45, 2.75) is 51.0 Å². The Kier molecular flexibility index (Phi) is 3.60. The number of nitrogens with zero attached hydrogens (tertiary/aromatic N) is 2. The van der Waals surface area contributed by atoms with E-state index in [1.54, 1.807) is 6.08 Å². The highest BCUT2D eigenvalue weighted by Gasteiger charge is 2.35. The second-order valence-corrected chi connectivity index (χ2v) is 6.26. The third-order valence-electron chi connectivity index (χ3n) is 4.64. The molecule has 0 atom stereocenters. The van der Waals surface area contributed by atoms with E-state index in [-0.39, 0.29) is 5.54 Å². The first-order valence-corrected chi connectivity index (χ1v) is 7.63. The summed E-state index contributed by atoms with van der Waals surface area (Å²) in [5.41, 5.74) is 2.03. The van der Waals surface area contributed by atoms with Crippen molar-refractivity contribution in [3.63, 3.8) is 0 Å². The Morgan fingerprint density at radius 2 is 2.00 bits per heavy atom. The molecule has 1 aromatic carbocycles. The molecule has 0 aliphatic heterocycles. The second-order valence-electron chi connectivity index (χ2n) is 6.26. The summed E-state index contributed by atoms with van der Waals surface area (Å²) in [7, 11) is 0. The molecule has 0 radical (unpaired) electrons. The van der Waals surface area contributed by atoms with Gasteiger partial charge in [0.2, 0.25) is 6.08 Å². The van der Waals surface area contributed by atoms with Gasteiger partial charge in [-0.3, -0.25) is 4.98 Å². The van der Waals surface area contributed by atoms with Crippen molar-refractivity contribution >= 4 is 16.9 Å². The summed E-state index contributed by atoms with van der Waals surface area (Å²) < 4.78 is 0. The van der Waals surface area contributed by atoms with Gasteiger partial charge in [0, 0.05) is 17.8 Å². The molecule has 0 unspecified atom stereocenters. The third-order valence-corrected chi connectivity index (χ3v) is 4.64. The zero-order valence-electron chi connectivity index (χ0n) is 12.6. The number of pyridine rings is 1. The number of hydrogen-bond acceptors (Lipinski definition) is 3. The molecule has 1 aromatic heterocycles. The smallest absolute Gasteiger partial charge is 0.235 e. The van der Waals surface area contributed by atoms with Crippen LogP contribution in [0.1, 0.15) is 56.6 Å². The molecule has 21 heavy (non-hydrogen) atoms. The summed E-state index contributed by atoms with van der Waals surface area (Å²) in [6.07, 6.45) is 9.74. The van der Waals surface area contributed by atoms with Gasteiger partial charge in [0.15, 0.2) is 0 Å². The zero-order chi connectivity index (χ0) is 14.9. The Bertz CT molecular complexity index is 708. The van der Waals surface area contributed by atoms with Gasteiger partial charge in [-0.2, -0.15) is 4.99 Å². The number of aliphatic imine (C=N–C) groups is 1. The van der Waals surface area contributed by atoms with E-state index >= 15 is 0 Å². The van der Waals surface area contributed by atoms with Gasteiger partial charge in [0.25, 0.3) is 0 Å². The van der Waals surface area contributed by atoms with Crippen molar-refractivity contribution in [1.82, 2.24) is 4.98 Å². The first-order valence-electron chi connectivity index (χ1n) is 7.63. The van der Waals surface area contributed by atoms with E-state index in [0.29, 0.717) is 5.92 Å². The van der Waals surface area contributed by atoms with Crippen molar-refractivity contribution in [3.05, 3.63) is 41.7 Å². The highest BCUT2D eigenvalue weighted by atomic mass is 16.1. The predicted octanol–water partition coefficient (Wildman–Crippen LogP) is 4.46. The van der Waals surface area contributed by atoms with Gasteiger partial charge in [-0.25, -0.2) is 4.79 Å². The van der Waals surface area contributed by atoms with Crippen LogP contribution in [0.5, 0.6) is 0 Å². The minimum atomic E-state index is -0.357. The number of isocyanates is 1. The molecule has 1 aliphatic rings. The molecule has 1 fully saturated rings. The van der Waals surface area contributed by atoms with Crippen LogP contribution in [-0.4, -0.2) is 11.1 Å². The predicted molar refractivity (Wildman–Crippen MR) is 84.1 cm³/mol. The molecule has 3 rings (SSSR count). The van der Waals surface area contributed by atoms with Crippen molar-refractivity contribution in [1.29, 1.82) is 0 Å². The van der Waals surface area contributed by atoms with E-state index in [2.05, 4.69) is 42.0 Å². The maximum absolute atomic E-state index is 10.8. The Labute approximate surface area is 125 Å². The molecule has 3 nitrogen and oxygen atoms in total. The number of aromatic nitrogens is 1. The lowest BCUT2D eigenvalue weighted by Crippen LogP contribution is -2.18. The van der Waals surface area contributed by atoms with Crippen molar-refractivity contribution < 1.29 is 4.79 Å². The number of fused-ring (bicyclic) bond motifs is 1. The lowest BCUT2D eigenvalue weighted by Gasteiger charge is -2.23. The quantitative estimate of drug-likeness (QED) is 0.615. The van der Waals surface area contributed by atoms with E-state index < -0.39 is 0 Å². The first-order chi connectivity index (χ1) is 10.2. The molecule has 0 saturated heterocycles. The van der Waals surface area contributed by atoms with Crippen molar-refractivity contribution in [2.24, 2.45) is 4.99 Å². The second kappa shape index (κ2) is 5.42. The highest BCUT2D eigenvalue weighted by molar-refractivity contribution is 5.86. The van der Waals surface area contributed by atoms with Crippen LogP contribution < -0.4 is 0 Å². The number of rotatable bonds is 3. The van der Waals surface area contributed by atoms with Crippen LogP contribution in [0.3, 0.4) is 0 Å². The third kappa shape index (κ3) is 2.38. The normalized spacial score (nSPS) is 17.1. The van der Waals surface area contributed by atoms with Crippen LogP contribution in [0, 0.1) is 0 Å². The van der Waals surface area contributed by atoms with Gasteiger partial charge < -0.3 is 0 Å². The lowest BCUT2D eigenvalue weighted by atomic mass is 9.87. The molecule has 0 spiro atoms. The minimum absolute atomic E-state index is 0.357. The number of benzene rings is 1. The molecule has 3 heteroatoms. The van der Waals surface area contributed by atoms with Crippen LogP contribution in [0.25, 0.3) is 10.8 Å². The van der Waals surface area contributed by atoms with Gasteiger partial charge in [-0.05, 0) is 41.3 Å².